The number of anilines is 1. The van der Waals surface area contributed by atoms with Gasteiger partial charge in [-0.15, -0.1) is 0 Å². The number of hydrogen-bond acceptors (Lipinski definition) is 4. The lowest BCUT2D eigenvalue weighted by molar-refractivity contribution is -0.253. The highest BCUT2D eigenvalue weighted by Gasteiger charge is 2.44. The fraction of sp³-hybridized carbons (Fsp3) is 0.280. The summed E-state index contributed by atoms with van der Waals surface area (Å²) in [7, 11) is 0. The van der Waals surface area contributed by atoms with Crippen LogP contribution in [0.3, 0.4) is 0 Å². The minimum atomic E-state index is -4.58. The number of halogens is 4. The van der Waals surface area contributed by atoms with Gasteiger partial charge >= 0.3 is 12.5 Å². The van der Waals surface area contributed by atoms with Crippen molar-refractivity contribution in [2.45, 2.75) is 38.5 Å². The number of ether oxygens (including phenoxy) is 2. The second-order valence-electron chi connectivity index (χ2n) is 7.40. The fourth-order valence-corrected chi connectivity index (χ4v) is 3.34. The third kappa shape index (κ3) is 6.61. The first-order chi connectivity index (χ1) is 15.8. The SMILES string of the molecule is CCC(CO)N(Cc1cccc(OC(F)(F)C(F)F)c1)c1cccc(Oc2ccccc2)c1. The molecule has 4 nitrogen and oxygen atoms in total. The first-order valence-corrected chi connectivity index (χ1v) is 10.5. The Morgan fingerprint density at radius 2 is 1.55 bits per heavy atom. The molecule has 1 unspecified atom stereocenters. The van der Waals surface area contributed by atoms with Crippen LogP contribution < -0.4 is 14.4 Å². The zero-order valence-corrected chi connectivity index (χ0v) is 18.0. The van der Waals surface area contributed by atoms with Crippen LogP contribution in [0.25, 0.3) is 0 Å². The molecule has 0 saturated heterocycles. The molecule has 33 heavy (non-hydrogen) atoms. The van der Waals surface area contributed by atoms with E-state index in [2.05, 4.69) is 4.74 Å². The summed E-state index contributed by atoms with van der Waals surface area (Å²) in [5.74, 6) is 0.890. The Morgan fingerprint density at radius 1 is 0.879 bits per heavy atom. The van der Waals surface area contributed by atoms with E-state index in [0.717, 1.165) is 5.69 Å². The molecule has 0 amide bonds. The van der Waals surface area contributed by atoms with E-state index >= 15 is 0 Å². The van der Waals surface area contributed by atoms with Gasteiger partial charge in [0.05, 0.1) is 12.6 Å². The molecule has 0 saturated carbocycles. The van der Waals surface area contributed by atoms with Crippen molar-refractivity contribution in [1.82, 2.24) is 0 Å². The largest absolute Gasteiger partial charge is 0.461 e. The summed E-state index contributed by atoms with van der Waals surface area (Å²) in [5.41, 5.74) is 1.30. The van der Waals surface area contributed by atoms with Crippen molar-refractivity contribution in [3.63, 3.8) is 0 Å². The second-order valence-corrected chi connectivity index (χ2v) is 7.40. The van der Waals surface area contributed by atoms with Crippen LogP contribution >= 0.6 is 0 Å². The molecule has 0 heterocycles. The predicted octanol–water partition coefficient (Wildman–Crippen LogP) is 6.49. The summed E-state index contributed by atoms with van der Waals surface area (Å²) in [6.07, 6.45) is -7.91. The van der Waals surface area contributed by atoms with Crippen LogP contribution in [0.15, 0.2) is 78.9 Å². The van der Waals surface area contributed by atoms with Crippen molar-refractivity contribution in [3.8, 4) is 17.2 Å². The number of aliphatic hydroxyl groups excluding tert-OH is 1. The van der Waals surface area contributed by atoms with Gasteiger partial charge in [0.25, 0.3) is 0 Å². The topological polar surface area (TPSA) is 41.9 Å². The van der Waals surface area contributed by atoms with Crippen LogP contribution in [0.2, 0.25) is 0 Å². The van der Waals surface area contributed by atoms with Gasteiger partial charge in [-0.05, 0) is 48.4 Å². The lowest BCUT2D eigenvalue weighted by atomic mass is 10.1. The lowest BCUT2D eigenvalue weighted by Gasteiger charge is -2.32. The van der Waals surface area contributed by atoms with Crippen molar-refractivity contribution < 1.29 is 32.1 Å². The molecule has 0 aliphatic carbocycles. The Labute approximate surface area is 190 Å². The average molecular weight is 463 g/mol. The summed E-state index contributed by atoms with van der Waals surface area (Å²) in [6, 6.07) is 21.9. The van der Waals surface area contributed by atoms with E-state index in [1.807, 2.05) is 60.4 Å². The standard InChI is InChI=1S/C25H25F4NO3/c1-2-19(17-31)30(16-18-8-6-13-23(14-18)33-25(28,29)24(26)27)20-9-7-12-22(15-20)32-21-10-4-3-5-11-21/h3-15,19,24,31H,2,16-17H2,1H3. The summed E-state index contributed by atoms with van der Waals surface area (Å²) in [5, 5.41) is 9.93. The van der Waals surface area contributed by atoms with Gasteiger partial charge in [-0.25, -0.2) is 0 Å². The van der Waals surface area contributed by atoms with Crippen LogP contribution in [-0.2, 0) is 6.54 Å². The lowest BCUT2D eigenvalue weighted by Crippen LogP contribution is -2.37. The summed E-state index contributed by atoms with van der Waals surface area (Å²) >= 11 is 0. The monoisotopic (exact) mass is 463 g/mol. The van der Waals surface area contributed by atoms with Crippen LogP contribution in [-0.4, -0.2) is 30.3 Å². The van der Waals surface area contributed by atoms with Gasteiger partial charge in [-0.1, -0.05) is 43.3 Å². The van der Waals surface area contributed by atoms with E-state index in [4.69, 9.17) is 4.74 Å². The molecule has 0 aliphatic heterocycles. The fourth-order valence-electron chi connectivity index (χ4n) is 3.34. The van der Waals surface area contributed by atoms with Crippen LogP contribution in [0.1, 0.15) is 18.9 Å². The third-order valence-corrected chi connectivity index (χ3v) is 5.01. The molecule has 0 fully saturated rings. The Hall–Kier alpha value is -3.26. The summed E-state index contributed by atoms with van der Waals surface area (Å²) in [6.45, 7) is 2.01. The highest BCUT2D eigenvalue weighted by Crippen LogP contribution is 2.31. The van der Waals surface area contributed by atoms with Gasteiger partial charge in [0.15, 0.2) is 0 Å². The van der Waals surface area contributed by atoms with Gasteiger partial charge in [-0.3, -0.25) is 0 Å². The number of hydrogen-bond donors (Lipinski definition) is 1. The molecule has 3 rings (SSSR count). The van der Waals surface area contributed by atoms with Crippen LogP contribution in [0, 0.1) is 0 Å². The molecule has 1 N–H and O–H groups in total. The Morgan fingerprint density at radius 3 is 2.21 bits per heavy atom. The van der Waals surface area contributed by atoms with E-state index in [-0.39, 0.29) is 24.9 Å². The molecule has 176 valence electrons. The van der Waals surface area contributed by atoms with E-state index in [1.54, 1.807) is 12.1 Å². The van der Waals surface area contributed by atoms with Crippen molar-refractivity contribution in [2.75, 3.05) is 11.5 Å². The minimum Gasteiger partial charge on any atom is -0.457 e. The van der Waals surface area contributed by atoms with Crippen LogP contribution in [0.4, 0.5) is 23.2 Å². The summed E-state index contributed by atoms with van der Waals surface area (Å²) < 4.78 is 61.8. The first-order valence-electron chi connectivity index (χ1n) is 10.5. The normalized spacial score (nSPS) is 12.5. The molecular weight excluding hydrogens is 438 g/mol. The van der Waals surface area contributed by atoms with E-state index in [1.165, 1.54) is 18.2 Å². The Kier molecular flexibility index (Phi) is 8.16. The number of para-hydroxylation sites is 1. The van der Waals surface area contributed by atoms with Gasteiger partial charge in [0.1, 0.15) is 17.2 Å². The quantitative estimate of drug-likeness (QED) is 0.330. The molecule has 1 atom stereocenters. The van der Waals surface area contributed by atoms with Crippen molar-refractivity contribution >= 4 is 5.69 Å². The molecule has 8 heteroatoms. The number of benzene rings is 3. The summed E-state index contributed by atoms with van der Waals surface area (Å²) in [4.78, 5) is 1.90. The predicted molar refractivity (Wildman–Crippen MR) is 118 cm³/mol. The maximum absolute atomic E-state index is 13.3. The highest BCUT2D eigenvalue weighted by molar-refractivity contribution is 5.53. The molecule has 0 aromatic heterocycles. The van der Waals surface area contributed by atoms with E-state index in [9.17, 15) is 22.7 Å². The highest BCUT2D eigenvalue weighted by atomic mass is 19.3. The van der Waals surface area contributed by atoms with Crippen molar-refractivity contribution in [3.05, 3.63) is 84.4 Å². The van der Waals surface area contributed by atoms with Gasteiger partial charge in [-0.2, -0.15) is 17.6 Å². The number of aliphatic hydroxyl groups is 1. The number of alkyl halides is 4. The molecule has 3 aromatic rings. The average Bonchev–Trinajstić information content (AvgIpc) is 2.80. The van der Waals surface area contributed by atoms with Crippen LogP contribution in [0.5, 0.6) is 17.2 Å². The number of nitrogens with zero attached hydrogens (tertiary/aromatic N) is 1. The van der Waals surface area contributed by atoms with E-state index < -0.39 is 12.5 Å². The molecule has 0 spiro atoms. The molecule has 0 aliphatic rings. The first kappa shape index (κ1) is 24.4. The molecule has 0 bridgehead atoms. The third-order valence-electron chi connectivity index (χ3n) is 5.01. The Balaban J connectivity index is 1.86. The zero-order valence-electron chi connectivity index (χ0n) is 18.0. The molecule has 3 aromatic carbocycles. The van der Waals surface area contributed by atoms with Gasteiger partial charge in [0, 0.05) is 18.3 Å². The zero-order chi connectivity index (χ0) is 23.8. The maximum atomic E-state index is 13.3. The maximum Gasteiger partial charge on any atom is 0.461 e. The van der Waals surface area contributed by atoms with Gasteiger partial charge in [0.2, 0.25) is 0 Å². The van der Waals surface area contributed by atoms with Crippen molar-refractivity contribution in [2.24, 2.45) is 0 Å². The molecule has 0 radical (unpaired) electrons. The Bertz CT molecular complexity index is 1010. The van der Waals surface area contributed by atoms with Crippen molar-refractivity contribution in [1.29, 1.82) is 0 Å². The van der Waals surface area contributed by atoms with E-state index in [0.29, 0.717) is 23.5 Å². The number of rotatable bonds is 11. The second kappa shape index (κ2) is 11.0. The van der Waals surface area contributed by atoms with Gasteiger partial charge < -0.3 is 19.5 Å². The smallest absolute Gasteiger partial charge is 0.457 e. The minimum absolute atomic E-state index is 0.139. The molecular formula is C25H25F4NO3.